The second-order valence-corrected chi connectivity index (χ2v) is 6.85. The van der Waals surface area contributed by atoms with Crippen molar-refractivity contribution in [1.29, 1.82) is 0 Å². The number of nitrogens with zero attached hydrogens (tertiary/aromatic N) is 5. The van der Waals surface area contributed by atoms with Gasteiger partial charge in [-0.3, -0.25) is 14.7 Å². The molecule has 0 radical (unpaired) electrons. The first kappa shape index (κ1) is 18.2. The molecule has 28 heavy (non-hydrogen) atoms. The second kappa shape index (κ2) is 8.71. The second-order valence-electron chi connectivity index (χ2n) is 6.85. The third-order valence-electron chi connectivity index (χ3n) is 4.74. The van der Waals surface area contributed by atoms with Crippen molar-refractivity contribution in [3.8, 4) is 11.5 Å². The number of rotatable bonds is 6. The molecule has 2 aromatic heterocycles. The summed E-state index contributed by atoms with van der Waals surface area (Å²) in [6.45, 7) is 3.74. The number of nitrogens with one attached hydrogen (secondary N) is 1. The van der Waals surface area contributed by atoms with Crippen molar-refractivity contribution in [2.75, 3.05) is 13.1 Å². The molecule has 1 N–H and O–H groups in total. The Morgan fingerprint density at radius 3 is 2.61 bits per heavy atom. The number of carbonyl (C=O) groups is 1. The first-order valence-electron chi connectivity index (χ1n) is 9.46. The maximum absolute atomic E-state index is 12.2. The molecule has 0 spiro atoms. The van der Waals surface area contributed by atoms with Crippen molar-refractivity contribution in [2.24, 2.45) is 0 Å². The van der Waals surface area contributed by atoms with Crippen LogP contribution < -0.4 is 5.32 Å². The zero-order chi connectivity index (χ0) is 19.2. The van der Waals surface area contributed by atoms with Gasteiger partial charge in [0.1, 0.15) is 5.69 Å². The highest BCUT2D eigenvalue weighted by molar-refractivity contribution is 5.89. The predicted molar refractivity (Wildman–Crippen MR) is 102 cm³/mol. The molecule has 0 atom stereocenters. The molecule has 144 valence electrons. The molecule has 0 unspecified atom stereocenters. The molecule has 0 aliphatic carbocycles. The van der Waals surface area contributed by atoms with Gasteiger partial charge in [-0.25, -0.2) is 4.98 Å². The molecule has 8 nitrogen and oxygen atoms in total. The highest BCUT2D eigenvalue weighted by Crippen LogP contribution is 2.14. The molecular formula is C20H22N6O2. The van der Waals surface area contributed by atoms with Crippen LogP contribution >= 0.6 is 0 Å². The molecule has 1 aliphatic heterocycles. The maximum Gasteiger partial charge on any atom is 0.316 e. The Morgan fingerprint density at radius 1 is 1.07 bits per heavy atom. The lowest BCUT2D eigenvalue weighted by Gasteiger charge is -2.26. The Labute approximate surface area is 163 Å². The molecule has 8 heteroatoms. The third-order valence-corrected chi connectivity index (χ3v) is 4.74. The summed E-state index contributed by atoms with van der Waals surface area (Å²) in [5.41, 5.74) is 2.77. The van der Waals surface area contributed by atoms with Crippen LogP contribution in [0.1, 0.15) is 41.1 Å². The Morgan fingerprint density at radius 2 is 1.86 bits per heavy atom. The van der Waals surface area contributed by atoms with E-state index in [9.17, 15) is 4.79 Å². The van der Waals surface area contributed by atoms with E-state index in [0.717, 1.165) is 12.1 Å². The zero-order valence-electron chi connectivity index (χ0n) is 15.5. The molecule has 0 bridgehead atoms. The summed E-state index contributed by atoms with van der Waals surface area (Å²) in [5.74, 6) is -0.275. The van der Waals surface area contributed by atoms with E-state index >= 15 is 0 Å². The first-order valence-corrected chi connectivity index (χ1v) is 9.46. The van der Waals surface area contributed by atoms with E-state index in [1.54, 1.807) is 6.20 Å². The van der Waals surface area contributed by atoms with Crippen LogP contribution in [0.3, 0.4) is 0 Å². The van der Waals surface area contributed by atoms with Gasteiger partial charge in [-0.1, -0.05) is 35.8 Å². The summed E-state index contributed by atoms with van der Waals surface area (Å²) in [5, 5.41) is 6.57. The van der Waals surface area contributed by atoms with Crippen LogP contribution in [0, 0.1) is 0 Å². The van der Waals surface area contributed by atoms with Crippen molar-refractivity contribution in [3.05, 3.63) is 59.9 Å². The van der Waals surface area contributed by atoms with Crippen molar-refractivity contribution in [1.82, 2.24) is 30.3 Å². The minimum atomic E-state index is -0.417. The topological polar surface area (TPSA) is 97.0 Å². The Bertz CT molecular complexity index is 904. The summed E-state index contributed by atoms with van der Waals surface area (Å²) in [6, 6.07) is 8.32. The van der Waals surface area contributed by atoms with Crippen LogP contribution in [0.2, 0.25) is 0 Å². The van der Waals surface area contributed by atoms with Crippen LogP contribution in [0.4, 0.5) is 0 Å². The number of carbonyl (C=O) groups excluding carboxylic acids is 1. The standard InChI is InChI=1S/C20H22N6O2/c27-19(20-24-18(25-28-20)17-13-21-8-9-22-17)23-12-15-4-6-16(7-5-15)14-26-10-2-1-3-11-26/h4-9,13H,1-3,10-12,14H2,(H,23,27). The van der Waals surface area contributed by atoms with Crippen molar-refractivity contribution < 1.29 is 9.32 Å². The van der Waals surface area contributed by atoms with Gasteiger partial charge in [-0.05, 0) is 37.1 Å². The van der Waals surface area contributed by atoms with Gasteiger partial charge < -0.3 is 9.84 Å². The van der Waals surface area contributed by atoms with E-state index in [2.05, 4.69) is 42.5 Å². The molecule has 0 saturated carbocycles. The largest absolute Gasteiger partial charge is 0.344 e. The minimum absolute atomic E-state index is 0.0950. The fourth-order valence-electron chi connectivity index (χ4n) is 3.23. The molecule has 1 amide bonds. The Hall–Kier alpha value is -3.13. The molecular weight excluding hydrogens is 356 g/mol. The number of likely N-dealkylation sites (tertiary alicyclic amines) is 1. The smallest absolute Gasteiger partial charge is 0.316 e. The molecule has 3 aromatic rings. The van der Waals surface area contributed by atoms with Crippen LogP contribution in [0.25, 0.3) is 11.5 Å². The van der Waals surface area contributed by atoms with Crippen molar-refractivity contribution >= 4 is 5.91 Å². The summed E-state index contributed by atoms with van der Waals surface area (Å²) >= 11 is 0. The fraction of sp³-hybridized carbons (Fsp3) is 0.350. The summed E-state index contributed by atoms with van der Waals surface area (Å²) < 4.78 is 5.03. The van der Waals surface area contributed by atoms with Gasteiger partial charge in [0.15, 0.2) is 0 Å². The molecule has 4 rings (SSSR count). The lowest BCUT2D eigenvalue weighted by molar-refractivity contribution is 0.0907. The van der Waals surface area contributed by atoms with Gasteiger partial charge in [-0.15, -0.1) is 0 Å². The average Bonchev–Trinajstić information content (AvgIpc) is 3.25. The normalized spacial score (nSPS) is 14.7. The molecule has 1 saturated heterocycles. The van der Waals surface area contributed by atoms with Gasteiger partial charge in [0.05, 0.1) is 6.20 Å². The molecule has 3 heterocycles. The van der Waals surface area contributed by atoms with E-state index in [1.165, 1.54) is 50.3 Å². The van der Waals surface area contributed by atoms with Crippen LogP contribution in [-0.2, 0) is 13.1 Å². The van der Waals surface area contributed by atoms with Gasteiger partial charge in [0, 0.05) is 25.5 Å². The van der Waals surface area contributed by atoms with Crippen LogP contribution in [0.5, 0.6) is 0 Å². The maximum atomic E-state index is 12.2. The monoisotopic (exact) mass is 378 g/mol. The number of hydrogen-bond acceptors (Lipinski definition) is 7. The lowest BCUT2D eigenvalue weighted by Crippen LogP contribution is -2.29. The highest BCUT2D eigenvalue weighted by Gasteiger charge is 2.16. The summed E-state index contributed by atoms with van der Waals surface area (Å²) in [4.78, 5) is 26.8. The number of hydrogen-bond donors (Lipinski definition) is 1. The number of amides is 1. The van der Waals surface area contributed by atoms with E-state index < -0.39 is 5.91 Å². The van der Waals surface area contributed by atoms with Gasteiger partial charge in [-0.2, -0.15) is 4.98 Å². The Balaban J connectivity index is 1.30. The first-order chi connectivity index (χ1) is 13.8. The summed E-state index contributed by atoms with van der Waals surface area (Å²) in [7, 11) is 0. The predicted octanol–water partition coefficient (Wildman–Crippen LogP) is 2.44. The summed E-state index contributed by atoms with van der Waals surface area (Å²) in [6.07, 6.45) is 8.51. The number of piperidine rings is 1. The van der Waals surface area contributed by atoms with Gasteiger partial charge in [0.2, 0.25) is 5.82 Å². The minimum Gasteiger partial charge on any atom is -0.344 e. The van der Waals surface area contributed by atoms with E-state index in [4.69, 9.17) is 4.52 Å². The van der Waals surface area contributed by atoms with Crippen LogP contribution in [-0.4, -0.2) is 44.0 Å². The lowest BCUT2D eigenvalue weighted by atomic mass is 10.1. The third kappa shape index (κ3) is 4.58. The van der Waals surface area contributed by atoms with Gasteiger partial charge in [0.25, 0.3) is 0 Å². The molecule has 1 fully saturated rings. The zero-order valence-corrected chi connectivity index (χ0v) is 15.5. The van der Waals surface area contributed by atoms with Crippen molar-refractivity contribution in [3.63, 3.8) is 0 Å². The fourth-order valence-corrected chi connectivity index (χ4v) is 3.23. The SMILES string of the molecule is O=C(NCc1ccc(CN2CCCCC2)cc1)c1nc(-c2cnccn2)no1. The van der Waals surface area contributed by atoms with Crippen molar-refractivity contribution in [2.45, 2.75) is 32.4 Å². The highest BCUT2D eigenvalue weighted by atomic mass is 16.5. The molecule has 1 aromatic carbocycles. The van der Waals surface area contributed by atoms with E-state index in [-0.39, 0.29) is 11.7 Å². The molecule has 1 aliphatic rings. The van der Waals surface area contributed by atoms with Gasteiger partial charge >= 0.3 is 11.8 Å². The van der Waals surface area contributed by atoms with E-state index in [0.29, 0.717) is 12.2 Å². The van der Waals surface area contributed by atoms with Crippen LogP contribution in [0.15, 0.2) is 47.4 Å². The number of benzene rings is 1. The van der Waals surface area contributed by atoms with E-state index in [1.807, 2.05) is 12.1 Å². The Kier molecular flexibility index (Phi) is 5.67. The quantitative estimate of drug-likeness (QED) is 0.703. The average molecular weight is 378 g/mol. The number of aromatic nitrogens is 4.